The van der Waals surface area contributed by atoms with E-state index in [0.29, 0.717) is 11.7 Å². The van der Waals surface area contributed by atoms with Crippen molar-refractivity contribution in [3.63, 3.8) is 0 Å². The molecule has 1 aromatic carbocycles. The van der Waals surface area contributed by atoms with E-state index in [4.69, 9.17) is 4.78 Å². The quantitative estimate of drug-likeness (QED) is 0.847. The molecule has 0 saturated heterocycles. The summed E-state index contributed by atoms with van der Waals surface area (Å²) in [6.07, 6.45) is 1.40. The molecule has 0 aliphatic carbocycles. The van der Waals surface area contributed by atoms with Crippen LogP contribution >= 0.6 is 0 Å². The molecular formula is C10H13N3OS. The molecule has 0 spiro atoms. The van der Waals surface area contributed by atoms with Gasteiger partial charge in [-0.3, -0.25) is 0 Å². The Labute approximate surface area is 88.9 Å². The fourth-order valence-corrected chi connectivity index (χ4v) is 2.58. The summed E-state index contributed by atoms with van der Waals surface area (Å²) >= 11 is 0. The Morgan fingerprint density at radius 2 is 2.13 bits per heavy atom. The summed E-state index contributed by atoms with van der Waals surface area (Å²) in [5.74, 6) is 0. The average molecular weight is 223 g/mol. The summed E-state index contributed by atoms with van der Waals surface area (Å²) < 4.78 is 21.2. The van der Waals surface area contributed by atoms with Gasteiger partial charge in [0.15, 0.2) is 0 Å². The molecule has 2 aromatic rings. The lowest BCUT2D eigenvalue weighted by atomic mass is 10.3. The lowest BCUT2D eigenvalue weighted by Crippen LogP contribution is -2.06. The second-order valence-corrected chi connectivity index (χ2v) is 5.52. The Bertz CT molecular complexity index is 598. The van der Waals surface area contributed by atoms with Crippen molar-refractivity contribution in [3.8, 4) is 0 Å². The highest BCUT2D eigenvalue weighted by Crippen LogP contribution is 2.19. The fraction of sp³-hybridized carbons (Fsp3) is 0.300. The van der Waals surface area contributed by atoms with Crippen LogP contribution in [0.3, 0.4) is 0 Å². The number of aromatic nitrogens is 2. The van der Waals surface area contributed by atoms with E-state index in [-0.39, 0.29) is 0 Å². The number of hydrogen-bond donors (Lipinski definition) is 1. The van der Waals surface area contributed by atoms with Crippen molar-refractivity contribution >= 4 is 20.8 Å². The van der Waals surface area contributed by atoms with Crippen LogP contribution in [-0.2, 0) is 16.3 Å². The van der Waals surface area contributed by atoms with Crippen LogP contribution in [0.15, 0.2) is 29.4 Å². The largest absolute Gasteiger partial charge is 0.316 e. The molecule has 1 atom stereocenters. The van der Waals surface area contributed by atoms with Crippen LogP contribution in [0.2, 0.25) is 0 Å². The second-order valence-electron chi connectivity index (χ2n) is 3.47. The first-order valence-electron chi connectivity index (χ1n) is 4.73. The predicted molar refractivity (Wildman–Crippen MR) is 60.5 cm³/mol. The van der Waals surface area contributed by atoms with E-state index in [2.05, 4.69) is 4.98 Å². The smallest absolute Gasteiger partial charge is 0.208 e. The number of nitrogens with one attached hydrogen (secondary N) is 1. The van der Waals surface area contributed by atoms with E-state index in [1.54, 1.807) is 0 Å². The van der Waals surface area contributed by atoms with Gasteiger partial charge >= 0.3 is 0 Å². The molecule has 1 N–H and O–H groups in total. The van der Waals surface area contributed by atoms with Gasteiger partial charge in [0.1, 0.15) is 9.73 Å². The number of benzene rings is 1. The summed E-state index contributed by atoms with van der Waals surface area (Å²) in [4.78, 5) is 4.25. The highest BCUT2D eigenvalue weighted by atomic mass is 32.2. The van der Waals surface area contributed by atoms with Gasteiger partial charge in [-0.05, 0) is 19.1 Å². The van der Waals surface area contributed by atoms with Crippen LogP contribution in [0.4, 0.5) is 0 Å². The Morgan fingerprint density at radius 1 is 1.47 bits per heavy atom. The van der Waals surface area contributed by atoms with Crippen molar-refractivity contribution in [3.05, 3.63) is 24.3 Å². The molecule has 0 radical (unpaired) electrons. The van der Waals surface area contributed by atoms with Crippen molar-refractivity contribution in [1.29, 1.82) is 4.78 Å². The molecule has 0 saturated carbocycles. The standard InChI is InChI=1S/C10H13N3OS/c1-3-13-9-7-5-4-6-8(9)12-10(13)15(2,11)14/h4-7,11H,3H2,1-2H3. The Balaban J connectivity index is 2.87. The van der Waals surface area contributed by atoms with Crippen molar-refractivity contribution < 1.29 is 4.21 Å². The third kappa shape index (κ3) is 1.63. The van der Waals surface area contributed by atoms with Gasteiger partial charge in [-0.25, -0.2) is 14.0 Å². The van der Waals surface area contributed by atoms with Crippen molar-refractivity contribution in [2.75, 3.05) is 6.26 Å². The van der Waals surface area contributed by atoms with Crippen LogP contribution in [0.25, 0.3) is 11.0 Å². The molecule has 2 rings (SSSR count). The van der Waals surface area contributed by atoms with E-state index in [1.165, 1.54) is 6.26 Å². The maximum absolute atomic E-state index is 11.7. The SMILES string of the molecule is CCn1c(S(C)(=N)=O)nc2ccccc21. The van der Waals surface area contributed by atoms with Gasteiger partial charge in [-0.15, -0.1) is 0 Å². The molecule has 0 fully saturated rings. The zero-order valence-electron chi connectivity index (χ0n) is 8.73. The van der Waals surface area contributed by atoms with Crippen LogP contribution in [-0.4, -0.2) is 20.0 Å². The summed E-state index contributed by atoms with van der Waals surface area (Å²) in [6, 6.07) is 7.61. The summed E-state index contributed by atoms with van der Waals surface area (Å²) in [5, 5.41) is 0.367. The third-order valence-corrected chi connectivity index (χ3v) is 3.29. The normalized spacial score (nSPS) is 15.3. The number of aryl methyl sites for hydroxylation is 1. The van der Waals surface area contributed by atoms with Crippen LogP contribution in [0, 0.1) is 4.78 Å². The van der Waals surface area contributed by atoms with E-state index < -0.39 is 9.73 Å². The minimum Gasteiger partial charge on any atom is -0.316 e. The number of imidazole rings is 1. The van der Waals surface area contributed by atoms with Crippen LogP contribution in [0.1, 0.15) is 6.92 Å². The van der Waals surface area contributed by atoms with Gasteiger partial charge in [-0.2, -0.15) is 0 Å². The molecule has 15 heavy (non-hydrogen) atoms. The molecule has 0 bridgehead atoms. The molecule has 1 heterocycles. The second kappa shape index (κ2) is 3.34. The van der Waals surface area contributed by atoms with E-state index >= 15 is 0 Å². The highest BCUT2D eigenvalue weighted by molar-refractivity contribution is 7.91. The van der Waals surface area contributed by atoms with Gasteiger partial charge in [0, 0.05) is 12.8 Å². The van der Waals surface area contributed by atoms with E-state index in [1.807, 2.05) is 35.8 Å². The van der Waals surface area contributed by atoms with Crippen molar-refractivity contribution in [2.24, 2.45) is 0 Å². The van der Waals surface area contributed by atoms with Crippen molar-refractivity contribution in [2.45, 2.75) is 18.6 Å². The average Bonchev–Trinajstić information content (AvgIpc) is 2.55. The Morgan fingerprint density at radius 3 is 2.73 bits per heavy atom. The maximum atomic E-state index is 11.7. The van der Waals surface area contributed by atoms with Gasteiger partial charge in [0.25, 0.3) is 0 Å². The first kappa shape index (κ1) is 10.2. The Kier molecular flexibility index (Phi) is 2.26. The molecular weight excluding hydrogens is 210 g/mol. The van der Waals surface area contributed by atoms with Gasteiger partial charge in [0.2, 0.25) is 5.16 Å². The Hall–Kier alpha value is -1.36. The topological polar surface area (TPSA) is 58.7 Å². The highest BCUT2D eigenvalue weighted by Gasteiger charge is 2.14. The van der Waals surface area contributed by atoms with Crippen molar-refractivity contribution in [1.82, 2.24) is 9.55 Å². The molecule has 1 aromatic heterocycles. The summed E-state index contributed by atoms with van der Waals surface area (Å²) in [5.41, 5.74) is 1.74. The first-order valence-corrected chi connectivity index (χ1v) is 6.69. The van der Waals surface area contributed by atoms with Crippen LogP contribution < -0.4 is 0 Å². The lowest BCUT2D eigenvalue weighted by Gasteiger charge is -2.04. The van der Waals surface area contributed by atoms with Gasteiger partial charge in [0.05, 0.1) is 11.0 Å². The van der Waals surface area contributed by atoms with E-state index in [0.717, 1.165) is 11.0 Å². The first-order chi connectivity index (χ1) is 7.04. The number of hydrogen-bond acceptors (Lipinski definition) is 3. The lowest BCUT2D eigenvalue weighted by molar-refractivity contribution is 0.644. The summed E-state index contributed by atoms with van der Waals surface area (Å²) in [6.45, 7) is 2.64. The third-order valence-electron chi connectivity index (χ3n) is 2.28. The van der Waals surface area contributed by atoms with Gasteiger partial charge in [-0.1, -0.05) is 12.1 Å². The maximum Gasteiger partial charge on any atom is 0.208 e. The zero-order chi connectivity index (χ0) is 11.1. The number of fused-ring (bicyclic) bond motifs is 1. The zero-order valence-corrected chi connectivity index (χ0v) is 9.54. The van der Waals surface area contributed by atoms with Gasteiger partial charge < -0.3 is 4.57 Å². The molecule has 0 aliphatic heterocycles. The molecule has 1 unspecified atom stereocenters. The predicted octanol–water partition coefficient (Wildman–Crippen LogP) is 2.09. The summed E-state index contributed by atoms with van der Waals surface area (Å²) in [7, 11) is -2.76. The molecule has 4 nitrogen and oxygen atoms in total. The molecule has 0 aliphatic rings. The minimum atomic E-state index is -2.76. The number of nitrogens with zero attached hydrogens (tertiary/aromatic N) is 2. The molecule has 80 valence electrons. The van der Waals surface area contributed by atoms with E-state index in [9.17, 15) is 4.21 Å². The number of para-hydroxylation sites is 2. The number of rotatable bonds is 2. The molecule has 0 amide bonds. The minimum absolute atomic E-state index is 0.367. The molecule has 5 heteroatoms. The van der Waals surface area contributed by atoms with Crippen LogP contribution in [0.5, 0.6) is 0 Å². The monoisotopic (exact) mass is 223 g/mol. The fourth-order valence-electron chi connectivity index (χ4n) is 1.66.